The van der Waals surface area contributed by atoms with Crippen LogP contribution in [0, 0.1) is 13.8 Å². The second kappa shape index (κ2) is 14.9. The maximum atomic E-state index is 2.48. The van der Waals surface area contributed by atoms with Crippen LogP contribution in [0.4, 0.5) is 17.1 Å². The molecule has 0 aromatic heterocycles. The maximum absolute atomic E-state index is 2.48. The molecule has 0 saturated heterocycles. The predicted octanol–water partition coefficient (Wildman–Crippen LogP) is 17.8. The fraction of sp³-hybridized carbons (Fsp3) is 0.0571. The van der Waals surface area contributed by atoms with Crippen LogP contribution in [0.25, 0.3) is 66.8 Å². The molecule has 0 heterocycles. The highest BCUT2D eigenvalue weighted by atomic mass is 15.1. The van der Waals surface area contributed by atoms with Crippen LogP contribution >= 0.6 is 0 Å². The molecule has 0 amide bonds. The average molecular weight is 902 g/mol. The van der Waals surface area contributed by atoms with Crippen LogP contribution < -0.4 is 4.90 Å². The van der Waals surface area contributed by atoms with E-state index in [9.17, 15) is 0 Å². The van der Waals surface area contributed by atoms with E-state index >= 15 is 0 Å². The van der Waals surface area contributed by atoms with Gasteiger partial charge in [0.15, 0.2) is 0 Å². The average Bonchev–Trinajstić information content (AvgIpc) is 4.10. The first-order valence-corrected chi connectivity index (χ1v) is 25.0. The minimum Gasteiger partial charge on any atom is -0.311 e. The van der Waals surface area contributed by atoms with E-state index in [-0.39, 0.29) is 5.41 Å². The monoisotopic (exact) mass is 901 g/mol. The molecular formula is C70H47N. The summed E-state index contributed by atoms with van der Waals surface area (Å²) in [7, 11) is 0. The van der Waals surface area contributed by atoms with Gasteiger partial charge in [0.25, 0.3) is 0 Å². The van der Waals surface area contributed by atoms with Gasteiger partial charge in [0.2, 0.25) is 0 Å². The standard InChI is InChI=1S/C70H47N/c1-44-27-38-57-58-39-28-45(2)42-66(58)70(65(57)41-44)64-26-13-9-20-56(64)60-22-14-21-52(68(60)70)47-31-36-51(37-32-47)71(49-15-4-3-5-16-49)50-34-29-46(30-35-50)48-33-40-59-55-19-8-12-25-63(55)69(67(59)43-48)61-23-10-6-17-53(61)54-18-7-11-24-62(54)69/h3-43H,1-2H3. The van der Waals surface area contributed by atoms with Crippen molar-refractivity contribution in [3.8, 4) is 66.8 Å². The Morgan fingerprint density at radius 1 is 0.239 bits per heavy atom. The van der Waals surface area contributed by atoms with E-state index < -0.39 is 5.41 Å². The van der Waals surface area contributed by atoms with Gasteiger partial charge in [0.05, 0.1) is 10.8 Å². The summed E-state index contributed by atoms with van der Waals surface area (Å²) in [5, 5.41) is 0. The van der Waals surface area contributed by atoms with Crippen molar-refractivity contribution in [3.63, 3.8) is 0 Å². The lowest BCUT2D eigenvalue weighted by molar-refractivity contribution is 0.793. The number of anilines is 3. The van der Waals surface area contributed by atoms with Crippen LogP contribution in [-0.4, -0.2) is 0 Å². The number of aryl methyl sites for hydroxylation is 2. The summed E-state index contributed by atoms with van der Waals surface area (Å²) in [6.45, 7) is 4.47. The van der Waals surface area contributed by atoms with E-state index in [2.05, 4.69) is 267 Å². The zero-order valence-corrected chi connectivity index (χ0v) is 39.6. The smallest absolute Gasteiger partial charge is 0.0731 e. The number of para-hydroxylation sites is 1. The molecule has 15 rings (SSSR count). The van der Waals surface area contributed by atoms with Gasteiger partial charge in [-0.1, -0.05) is 217 Å². The highest BCUT2D eigenvalue weighted by molar-refractivity contribution is 6.00. The molecule has 0 atom stereocenters. The summed E-state index contributed by atoms with van der Waals surface area (Å²) in [6, 6.07) is 93.8. The van der Waals surface area contributed by atoms with Crippen LogP contribution in [0.1, 0.15) is 55.6 Å². The quantitative estimate of drug-likeness (QED) is 0.166. The van der Waals surface area contributed by atoms with Gasteiger partial charge in [-0.15, -0.1) is 0 Å². The molecule has 2 spiro atoms. The third-order valence-corrected chi connectivity index (χ3v) is 16.4. The number of nitrogens with zero attached hydrogens (tertiary/aromatic N) is 1. The van der Waals surface area contributed by atoms with Crippen LogP contribution in [0.15, 0.2) is 249 Å². The molecule has 4 aliphatic carbocycles. The predicted molar refractivity (Wildman–Crippen MR) is 294 cm³/mol. The number of benzene rings is 11. The van der Waals surface area contributed by atoms with Gasteiger partial charge in [0.1, 0.15) is 0 Å². The molecule has 0 saturated carbocycles. The molecule has 1 nitrogen and oxygen atoms in total. The van der Waals surface area contributed by atoms with E-state index in [1.54, 1.807) is 0 Å². The molecule has 0 unspecified atom stereocenters. The number of hydrogen-bond donors (Lipinski definition) is 0. The van der Waals surface area contributed by atoms with Gasteiger partial charge in [0, 0.05) is 17.1 Å². The largest absolute Gasteiger partial charge is 0.311 e. The van der Waals surface area contributed by atoms with Crippen molar-refractivity contribution in [1.82, 2.24) is 0 Å². The van der Waals surface area contributed by atoms with Crippen molar-refractivity contribution in [3.05, 3.63) is 304 Å². The Bertz CT molecular complexity index is 3890. The molecule has 0 fully saturated rings. The lowest BCUT2D eigenvalue weighted by atomic mass is 9.68. The molecule has 332 valence electrons. The highest BCUT2D eigenvalue weighted by Gasteiger charge is 2.54. The summed E-state index contributed by atoms with van der Waals surface area (Å²) in [6.07, 6.45) is 0. The van der Waals surface area contributed by atoms with Crippen molar-refractivity contribution in [2.24, 2.45) is 0 Å². The third kappa shape index (κ3) is 5.36. The number of rotatable bonds is 5. The van der Waals surface area contributed by atoms with Gasteiger partial charge in [-0.3, -0.25) is 0 Å². The van der Waals surface area contributed by atoms with Crippen LogP contribution in [0.3, 0.4) is 0 Å². The maximum Gasteiger partial charge on any atom is 0.0731 e. The summed E-state index contributed by atoms with van der Waals surface area (Å²) in [5.41, 5.74) is 31.5. The first-order chi connectivity index (χ1) is 35.0. The Kier molecular flexibility index (Phi) is 8.40. The van der Waals surface area contributed by atoms with Crippen LogP contribution in [0.5, 0.6) is 0 Å². The molecule has 71 heavy (non-hydrogen) atoms. The SMILES string of the molecule is Cc1ccc2c(c1)C1(c3cc(C)ccc3-2)c2ccccc2-c2cccc(-c3ccc(N(c4ccccc4)c4ccc(-c5ccc6c(c5)C5(c7ccccc7-c7ccccc75)c5ccccc5-6)cc4)cc3)c21. The Balaban J connectivity index is 0.836. The summed E-state index contributed by atoms with van der Waals surface area (Å²) in [4.78, 5) is 2.38. The highest BCUT2D eigenvalue weighted by Crippen LogP contribution is 2.66. The Hall–Kier alpha value is -8.78. The Morgan fingerprint density at radius 2 is 0.606 bits per heavy atom. The minimum atomic E-state index is -0.433. The van der Waals surface area contributed by atoms with Crippen molar-refractivity contribution < 1.29 is 0 Å². The molecule has 0 radical (unpaired) electrons. The zero-order chi connectivity index (χ0) is 47.0. The van der Waals surface area contributed by atoms with Gasteiger partial charge in [-0.05, 0) is 168 Å². The number of fused-ring (bicyclic) bond motifs is 20. The molecular weight excluding hydrogens is 855 g/mol. The third-order valence-electron chi connectivity index (χ3n) is 16.4. The first kappa shape index (κ1) is 40.1. The summed E-state index contributed by atoms with van der Waals surface area (Å²) < 4.78 is 0. The second-order valence-corrected chi connectivity index (χ2v) is 20.0. The van der Waals surface area contributed by atoms with Gasteiger partial charge in [-0.25, -0.2) is 0 Å². The molecule has 0 aliphatic heterocycles. The molecule has 4 aliphatic rings. The van der Waals surface area contributed by atoms with E-state index in [0.29, 0.717) is 0 Å². The van der Waals surface area contributed by atoms with E-state index in [4.69, 9.17) is 0 Å². The molecule has 11 aromatic rings. The van der Waals surface area contributed by atoms with Crippen molar-refractivity contribution in [2.75, 3.05) is 4.90 Å². The lowest BCUT2D eigenvalue weighted by Gasteiger charge is -2.32. The second-order valence-electron chi connectivity index (χ2n) is 20.0. The fourth-order valence-corrected chi connectivity index (χ4v) is 13.6. The normalized spacial score (nSPS) is 14.0. The molecule has 0 bridgehead atoms. The van der Waals surface area contributed by atoms with E-state index in [0.717, 1.165) is 17.1 Å². The van der Waals surface area contributed by atoms with Gasteiger partial charge in [-0.2, -0.15) is 0 Å². The fourth-order valence-electron chi connectivity index (χ4n) is 13.6. The van der Waals surface area contributed by atoms with E-state index in [1.165, 1.54) is 122 Å². The topological polar surface area (TPSA) is 3.24 Å². The van der Waals surface area contributed by atoms with Crippen LogP contribution in [-0.2, 0) is 10.8 Å². The zero-order valence-electron chi connectivity index (χ0n) is 39.6. The van der Waals surface area contributed by atoms with Gasteiger partial charge >= 0.3 is 0 Å². The summed E-state index contributed by atoms with van der Waals surface area (Å²) >= 11 is 0. The van der Waals surface area contributed by atoms with Crippen molar-refractivity contribution in [1.29, 1.82) is 0 Å². The first-order valence-electron chi connectivity index (χ1n) is 25.0. The van der Waals surface area contributed by atoms with Crippen molar-refractivity contribution in [2.45, 2.75) is 24.7 Å². The molecule has 1 heteroatoms. The van der Waals surface area contributed by atoms with E-state index in [1.807, 2.05) is 0 Å². The minimum absolute atomic E-state index is 0.375. The summed E-state index contributed by atoms with van der Waals surface area (Å²) in [5.74, 6) is 0. The lowest BCUT2D eigenvalue weighted by Crippen LogP contribution is -2.27. The van der Waals surface area contributed by atoms with Crippen molar-refractivity contribution >= 4 is 17.1 Å². The molecule has 11 aromatic carbocycles. The molecule has 0 N–H and O–H groups in total. The van der Waals surface area contributed by atoms with Gasteiger partial charge < -0.3 is 4.90 Å². The Labute approximate surface area is 415 Å². The number of hydrogen-bond acceptors (Lipinski definition) is 1. The van der Waals surface area contributed by atoms with Crippen LogP contribution in [0.2, 0.25) is 0 Å². The Morgan fingerprint density at radius 3 is 1.14 bits per heavy atom.